The monoisotopic (exact) mass is 225 g/mol. The molecule has 1 heterocycles. The average molecular weight is 225 g/mol. The van der Waals surface area contributed by atoms with Crippen LogP contribution in [0.15, 0.2) is 4.52 Å². The summed E-state index contributed by atoms with van der Waals surface area (Å²) in [6, 6.07) is 0. The van der Waals surface area contributed by atoms with E-state index < -0.39 is 0 Å². The highest BCUT2D eigenvalue weighted by atomic mass is 16.5. The zero-order valence-electron chi connectivity index (χ0n) is 10.4. The molecule has 5 heteroatoms. The number of aromatic nitrogens is 2. The largest absolute Gasteiger partial charge is 0.339 e. The van der Waals surface area contributed by atoms with Gasteiger partial charge in [0.25, 0.3) is 0 Å². The summed E-state index contributed by atoms with van der Waals surface area (Å²) in [7, 11) is 1.72. The number of carbonyl (C=O) groups is 1. The number of hydrogen-bond acceptors (Lipinski definition) is 4. The molecule has 5 nitrogen and oxygen atoms in total. The van der Waals surface area contributed by atoms with Gasteiger partial charge in [-0.15, -0.1) is 0 Å². The van der Waals surface area contributed by atoms with Crippen LogP contribution in [-0.4, -0.2) is 28.0 Å². The van der Waals surface area contributed by atoms with Crippen molar-refractivity contribution in [3.05, 3.63) is 11.7 Å². The summed E-state index contributed by atoms with van der Waals surface area (Å²) in [6.45, 7) is 5.94. The van der Waals surface area contributed by atoms with E-state index in [1.54, 1.807) is 11.9 Å². The van der Waals surface area contributed by atoms with E-state index in [0.717, 1.165) is 18.7 Å². The molecule has 1 aliphatic rings. The van der Waals surface area contributed by atoms with Gasteiger partial charge in [0.2, 0.25) is 11.8 Å². The Bertz CT molecular complexity index is 345. The molecule has 0 spiro atoms. The maximum absolute atomic E-state index is 10.9. The lowest BCUT2D eigenvalue weighted by Crippen LogP contribution is -2.23. The maximum atomic E-state index is 10.9. The number of nitrogens with zero attached hydrogens (tertiary/aromatic N) is 3. The summed E-state index contributed by atoms with van der Waals surface area (Å²) in [6.07, 6.45) is 2.29. The Labute approximate surface area is 95.8 Å². The molecule has 0 atom stereocenters. The van der Waals surface area contributed by atoms with Crippen molar-refractivity contribution in [2.75, 3.05) is 7.05 Å². The molecule has 2 rings (SSSR count). The predicted molar refractivity (Wildman–Crippen MR) is 59.8 cm³/mol. The van der Waals surface area contributed by atoms with E-state index in [9.17, 15) is 4.79 Å². The van der Waals surface area contributed by atoms with Gasteiger partial charge in [-0.25, -0.2) is 0 Å². The Kier molecular flexibility index (Phi) is 4.46. The number of rotatable bonds is 3. The summed E-state index contributed by atoms with van der Waals surface area (Å²) in [4.78, 5) is 16.7. The third-order valence-corrected chi connectivity index (χ3v) is 2.33. The van der Waals surface area contributed by atoms with Crippen molar-refractivity contribution in [2.45, 2.75) is 46.1 Å². The second-order valence-electron chi connectivity index (χ2n) is 3.70. The minimum atomic E-state index is 0.00257. The van der Waals surface area contributed by atoms with Crippen molar-refractivity contribution in [3.8, 4) is 0 Å². The van der Waals surface area contributed by atoms with Crippen molar-refractivity contribution in [1.29, 1.82) is 0 Å². The molecule has 0 radical (unpaired) electrons. The van der Waals surface area contributed by atoms with Crippen molar-refractivity contribution in [3.63, 3.8) is 0 Å². The lowest BCUT2D eigenvalue weighted by molar-refractivity contribution is -0.128. The van der Waals surface area contributed by atoms with Gasteiger partial charge < -0.3 is 9.42 Å². The van der Waals surface area contributed by atoms with Gasteiger partial charge in [-0.2, -0.15) is 4.98 Å². The fraction of sp³-hybridized carbons (Fsp3) is 0.727. The molecule has 0 N–H and O–H groups in total. The molecule has 1 amide bonds. The molecule has 0 bridgehead atoms. The van der Waals surface area contributed by atoms with Crippen LogP contribution in [0.4, 0.5) is 0 Å². The molecule has 1 aliphatic carbocycles. The molecule has 1 aromatic rings. The summed E-state index contributed by atoms with van der Waals surface area (Å²) in [5, 5.41) is 3.82. The van der Waals surface area contributed by atoms with Crippen molar-refractivity contribution < 1.29 is 9.32 Å². The van der Waals surface area contributed by atoms with Gasteiger partial charge in [0.05, 0.1) is 6.54 Å². The number of carbonyl (C=O) groups excluding carboxylic acids is 1. The average Bonchev–Trinajstić information content (AvgIpc) is 3.03. The van der Waals surface area contributed by atoms with Crippen LogP contribution >= 0.6 is 0 Å². The molecule has 0 aromatic carbocycles. The van der Waals surface area contributed by atoms with E-state index in [2.05, 4.69) is 10.1 Å². The van der Waals surface area contributed by atoms with Crippen LogP contribution in [0.2, 0.25) is 0 Å². The molecule has 1 fully saturated rings. The lowest BCUT2D eigenvalue weighted by atomic mass is 10.4. The van der Waals surface area contributed by atoms with E-state index in [1.165, 1.54) is 6.92 Å². The van der Waals surface area contributed by atoms with Crippen LogP contribution in [0, 0.1) is 0 Å². The first-order valence-corrected chi connectivity index (χ1v) is 5.71. The second-order valence-corrected chi connectivity index (χ2v) is 3.70. The Balaban J connectivity index is 0.000000606. The highest BCUT2D eigenvalue weighted by molar-refractivity contribution is 5.72. The van der Waals surface area contributed by atoms with Crippen molar-refractivity contribution in [1.82, 2.24) is 15.0 Å². The molecule has 1 aromatic heterocycles. The molecule has 16 heavy (non-hydrogen) atoms. The molecule has 90 valence electrons. The van der Waals surface area contributed by atoms with Gasteiger partial charge in [-0.3, -0.25) is 4.79 Å². The molecular weight excluding hydrogens is 206 g/mol. The Morgan fingerprint density at radius 1 is 1.50 bits per heavy atom. The topological polar surface area (TPSA) is 59.2 Å². The van der Waals surface area contributed by atoms with Crippen LogP contribution in [0.5, 0.6) is 0 Å². The molecule has 0 unspecified atom stereocenters. The molecule has 0 saturated heterocycles. The van der Waals surface area contributed by atoms with E-state index in [-0.39, 0.29) is 5.91 Å². The smallest absolute Gasteiger partial charge is 0.229 e. The molecule has 0 aliphatic heterocycles. The highest BCUT2D eigenvalue weighted by Gasteiger charge is 2.29. The molecule has 1 saturated carbocycles. The number of amides is 1. The second kappa shape index (κ2) is 5.63. The van der Waals surface area contributed by atoms with E-state index in [0.29, 0.717) is 18.3 Å². The van der Waals surface area contributed by atoms with Crippen LogP contribution < -0.4 is 0 Å². The standard InChI is InChI=1S/C9H13N3O2.C2H6/c1-6(13)12(2)5-8-10-9(14-11-8)7-3-4-7;1-2/h7H,3-5H2,1-2H3;1-2H3. The van der Waals surface area contributed by atoms with Crippen LogP contribution in [-0.2, 0) is 11.3 Å². The van der Waals surface area contributed by atoms with E-state index >= 15 is 0 Å². The zero-order chi connectivity index (χ0) is 12.1. The minimum Gasteiger partial charge on any atom is -0.339 e. The minimum absolute atomic E-state index is 0.00257. The lowest BCUT2D eigenvalue weighted by Gasteiger charge is -2.10. The fourth-order valence-corrected chi connectivity index (χ4v) is 1.15. The number of hydrogen-bond donors (Lipinski definition) is 0. The van der Waals surface area contributed by atoms with Gasteiger partial charge in [0.1, 0.15) is 0 Å². The van der Waals surface area contributed by atoms with Gasteiger partial charge in [-0.05, 0) is 12.8 Å². The first-order chi connectivity index (χ1) is 7.66. The van der Waals surface area contributed by atoms with Crippen molar-refractivity contribution in [2.24, 2.45) is 0 Å². The first kappa shape index (κ1) is 12.7. The SMILES string of the molecule is CC.CC(=O)N(C)Cc1noc(C2CC2)n1. The summed E-state index contributed by atoms with van der Waals surface area (Å²) in [5.74, 6) is 1.78. The van der Waals surface area contributed by atoms with Gasteiger partial charge in [0.15, 0.2) is 5.82 Å². The highest BCUT2D eigenvalue weighted by Crippen LogP contribution is 2.38. The maximum Gasteiger partial charge on any atom is 0.229 e. The first-order valence-electron chi connectivity index (χ1n) is 5.71. The Morgan fingerprint density at radius 3 is 2.62 bits per heavy atom. The quantitative estimate of drug-likeness (QED) is 0.789. The van der Waals surface area contributed by atoms with Gasteiger partial charge >= 0.3 is 0 Å². The van der Waals surface area contributed by atoms with Crippen LogP contribution in [0.25, 0.3) is 0 Å². The third-order valence-electron chi connectivity index (χ3n) is 2.33. The summed E-state index contributed by atoms with van der Waals surface area (Å²) in [5.41, 5.74) is 0. The van der Waals surface area contributed by atoms with E-state index in [4.69, 9.17) is 4.52 Å². The van der Waals surface area contributed by atoms with Crippen LogP contribution in [0.3, 0.4) is 0 Å². The summed E-state index contributed by atoms with van der Waals surface area (Å²) >= 11 is 0. The van der Waals surface area contributed by atoms with Crippen LogP contribution in [0.1, 0.15) is 51.2 Å². The van der Waals surface area contributed by atoms with E-state index in [1.807, 2.05) is 13.8 Å². The van der Waals surface area contributed by atoms with Gasteiger partial charge in [-0.1, -0.05) is 19.0 Å². The fourth-order valence-electron chi connectivity index (χ4n) is 1.15. The Morgan fingerprint density at radius 2 is 2.12 bits per heavy atom. The van der Waals surface area contributed by atoms with Crippen molar-refractivity contribution >= 4 is 5.91 Å². The normalized spacial score (nSPS) is 14.0. The zero-order valence-corrected chi connectivity index (χ0v) is 10.4. The summed E-state index contributed by atoms with van der Waals surface area (Å²) < 4.78 is 5.07. The Hall–Kier alpha value is -1.39. The molecular formula is C11H19N3O2. The third kappa shape index (κ3) is 3.32. The van der Waals surface area contributed by atoms with Gasteiger partial charge in [0, 0.05) is 19.9 Å². The predicted octanol–water partition coefficient (Wildman–Crippen LogP) is 1.95.